The number of para-hydroxylation sites is 6. The van der Waals surface area contributed by atoms with E-state index in [1.165, 1.54) is 94.3 Å². The van der Waals surface area contributed by atoms with E-state index in [-0.39, 0.29) is 17.5 Å². The average Bonchev–Trinajstić information content (AvgIpc) is 3.37. The van der Waals surface area contributed by atoms with Crippen molar-refractivity contribution in [3.05, 3.63) is 228 Å². The fourth-order valence-electron chi connectivity index (χ4n) is 13.2. The molecule has 0 radical (unpaired) electrons. The molecule has 0 amide bonds. The molecular weight excluding hydrogens is 878 g/mol. The van der Waals surface area contributed by atoms with Crippen LogP contribution in [0.3, 0.4) is 0 Å². The highest BCUT2D eigenvalue weighted by Gasteiger charge is 2.56. The molecule has 9 aromatic carbocycles. The smallest absolute Gasteiger partial charge is 0.252 e. The van der Waals surface area contributed by atoms with Crippen molar-refractivity contribution in [3.63, 3.8) is 0 Å². The van der Waals surface area contributed by atoms with Crippen LogP contribution in [0.1, 0.15) is 74.9 Å². The molecule has 0 aromatic heterocycles. The molecule has 5 heterocycles. The quantitative estimate of drug-likeness (QED) is 0.164. The van der Waals surface area contributed by atoms with Crippen molar-refractivity contribution < 1.29 is 4.74 Å². The molecule has 5 aliphatic rings. The number of anilines is 9. The molecule has 0 atom stereocenters. The molecular formula is C65H56BN3OSi. The summed E-state index contributed by atoms with van der Waals surface area (Å²) in [6, 6.07) is 74.0. The van der Waals surface area contributed by atoms with Gasteiger partial charge in [-0.2, -0.15) is 0 Å². The second kappa shape index (κ2) is 14.5. The van der Waals surface area contributed by atoms with Gasteiger partial charge in [0.2, 0.25) is 0 Å². The Kier molecular flexibility index (Phi) is 8.66. The van der Waals surface area contributed by atoms with Crippen molar-refractivity contribution >= 4 is 92.7 Å². The molecule has 0 aliphatic carbocycles. The van der Waals surface area contributed by atoms with Crippen LogP contribution in [0.4, 0.5) is 51.2 Å². The average molecular weight is 934 g/mol. The highest BCUT2D eigenvalue weighted by molar-refractivity contribution is 7.05. The molecule has 1 spiro atoms. The summed E-state index contributed by atoms with van der Waals surface area (Å²) in [6.45, 7) is 18.9. The SMILES string of the molecule is CC(C)(C)c1ccc(N(c2ccc(C(C)(C)C)cc2)c2cc3c4c(c2)N2c5ccccc5[Si](C)(C)c5cccc(c52)B4c2cccc4c2N3c2ccccc2C42c3ccccc3Oc3ccccc32)cc1. The number of hydrogen-bond acceptors (Lipinski definition) is 4. The predicted molar refractivity (Wildman–Crippen MR) is 301 cm³/mol. The van der Waals surface area contributed by atoms with Crippen LogP contribution in [-0.4, -0.2) is 14.8 Å². The van der Waals surface area contributed by atoms with Gasteiger partial charge in [-0.1, -0.05) is 188 Å². The topological polar surface area (TPSA) is 19.0 Å². The molecule has 9 aromatic rings. The fraction of sp³-hybridized carbons (Fsp3) is 0.169. The first kappa shape index (κ1) is 42.3. The van der Waals surface area contributed by atoms with Gasteiger partial charge in [0.15, 0.2) is 0 Å². The third-order valence-electron chi connectivity index (χ3n) is 16.6. The lowest BCUT2D eigenvalue weighted by Crippen LogP contribution is -2.67. The van der Waals surface area contributed by atoms with Gasteiger partial charge >= 0.3 is 0 Å². The van der Waals surface area contributed by atoms with Crippen LogP contribution in [-0.2, 0) is 16.2 Å². The zero-order chi connectivity index (χ0) is 48.3. The van der Waals surface area contributed by atoms with Gasteiger partial charge in [0.25, 0.3) is 6.71 Å². The largest absolute Gasteiger partial charge is 0.457 e. The lowest BCUT2D eigenvalue weighted by molar-refractivity contribution is 0.434. The number of fused-ring (bicyclic) bond motifs is 14. The molecule has 0 fully saturated rings. The van der Waals surface area contributed by atoms with Crippen LogP contribution >= 0.6 is 0 Å². The van der Waals surface area contributed by atoms with Crippen molar-refractivity contribution in [3.8, 4) is 11.5 Å². The summed E-state index contributed by atoms with van der Waals surface area (Å²) in [7, 11) is -2.18. The molecule has 4 nitrogen and oxygen atoms in total. The first-order valence-electron chi connectivity index (χ1n) is 25.4. The number of nitrogens with zero attached hydrogens (tertiary/aromatic N) is 3. The minimum absolute atomic E-state index is 0.0160. The molecule has 0 N–H and O–H groups in total. The molecule has 71 heavy (non-hydrogen) atoms. The molecule has 0 bridgehead atoms. The second-order valence-corrected chi connectivity index (χ2v) is 27.2. The summed E-state index contributed by atoms with van der Waals surface area (Å²) < 4.78 is 6.85. The van der Waals surface area contributed by atoms with Gasteiger partial charge in [-0.25, -0.2) is 0 Å². The molecule has 6 heteroatoms. The summed E-state index contributed by atoms with van der Waals surface area (Å²) in [4.78, 5) is 7.82. The van der Waals surface area contributed by atoms with E-state index in [9.17, 15) is 0 Å². The summed E-state index contributed by atoms with van der Waals surface area (Å²) in [5, 5.41) is 2.95. The van der Waals surface area contributed by atoms with Gasteiger partial charge in [-0.15, -0.1) is 0 Å². The van der Waals surface area contributed by atoms with E-state index in [1.807, 2.05) is 0 Å². The van der Waals surface area contributed by atoms with Gasteiger partial charge < -0.3 is 19.4 Å². The fourth-order valence-corrected chi connectivity index (χ4v) is 16.2. The maximum atomic E-state index is 6.85. The molecule has 0 unspecified atom stereocenters. The van der Waals surface area contributed by atoms with Crippen LogP contribution in [0.25, 0.3) is 0 Å². The highest BCUT2D eigenvalue weighted by atomic mass is 28.3. The van der Waals surface area contributed by atoms with E-state index in [0.29, 0.717) is 0 Å². The van der Waals surface area contributed by atoms with Crippen LogP contribution in [0.5, 0.6) is 11.5 Å². The second-order valence-electron chi connectivity index (χ2n) is 22.9. The number of benzene rings is 9. The monoisotopic (exact) mass is 933 g/mol. The Morgan fingerprint density at radius 2 is 0.901 bits per heavy atom. The predicted octanol–water partition coefficient (Wildman–Crippen LogP) is 13.8. The van der Waals surface area contributed by atoms with Crippen LogP contribution < -0.4 is 46.2 Å². The van der Waals surface area contributed by atoms with Crippen LogP contribution in [0.2, 0.25) is 13.1 Å². The summed E-state index contributed by atoms with van der Waals surface area (Å²) in [5.74, 6) is 1.80. The number of rotatable bonds is 3. The van der Waals surface area contributed by atoms with E-state index < -0.39 is 13.5 Å². The van der Waals surface area contributed by atoms with E-state index in [2.05, 4.69) is 263 Å². The first-order valence-corrected chi connectivity index (χ1v) is 28.4. The van der Waals surface area contributed by atoms with Crippen molar-refractivity contribution in [1.82, 2.24) is 0 Å². The normalized spacial score (nSPS) is 15.6. The van der Waals surface area contributed by atoms with E-state index in [0.717, 1.165) is 28.6 Å². The van der Waals surface area contributed by atoms with Crippen LogP contribution in [0, 0.1) is 0 Å². The Labute approximate surface area is 419 Å². The molecule has 344 valence electrons. The van der Waals surface area contributed by atoms with E-state index in [1.54, 1.807) is 0 Å². The van der Waals surface area contributed by atoms with Crippen molar-refractivity contribution in [2.45, 2.75) is 70.9 Å². The van der Waals surface area contributed by atoms with E-state index in [4.69, 9.17) is 4.74 Å². The van der Waals surface area contributed by atoms with Gasteiger partial charge in [0, 0.05) is 50.9 Å². The Morgan fingerprint density at radius 3 is 1.49 bits per heavy atom. The minimum atomic E-state index is -2.18. The minimum Gasteiger partial charge on any atom is -0.457 e. The standard InChI is InChI=1S/C65H56BN3OSi/c1-63(2,3)41-31-35-43(36-32-41)67(44-37-33-42(34-38-44)64(4,5)6)45-39-54-60-55(40-45)69-53-26-13-16-29-58(53)71(7,8)59-30-18-24-51(62(59)69)66(60)50-23-17-22-49-61(50)68(54)52-25-12-9-19-46(52)65(49)47-20-10-14-27-56(47)70-57-28-15-11-21-48(57)65/h9-40H,1-8H3. The third kappa shape index (κ3) is 5.68. The van der Waals surface area contributed by atoms with Crippen molar-refractivity contribution in [1.29, 1.82) is 0 Å². The number of ether oxygens (including phenoxy) is 1. The molecule has 0 saturated carbocycles. The Morgan fingerprint density at radius 1 is 0.437 bits per heavy atom. The highest BCUT2D eigenvalue weighted by Crippen LogP contribution is 2.63. The number of hydrogen-bond donors (Lipinski definition) is 0. The van der Waals surface area contributed by atoms with Gasteiger partial charge in [0.05, 0.1) is 16.8 Å². The maximum Gasteiger partial charge on any atom is 0.252 e. The Bertz CT molecular complexity index is 3610. The maximum absolute atomic E-state index is 6.85. The zero-order valence-corrected chi connectivity index (χ0v) is 42.8. The molecule has 14 rings (SSSR count). The van der Waals surface area contributed by atoms with Crippen LogP contribution in [0.15, 0.2) is 194 Å². The van der Waals surface area contributed by atoms with E-state index >= 15 is 0 Å². The molecule has 0 saturated heterocycles. The summed E-state index contributed by atoms with van der Waals surface area (Å²) in [6.07, 6.45) is 0. The van der Waals surface area contributed by atoms with Gasteiger partial charge in [-0.05, 0) is 121 Å². The summed E-state index contributed by atoms with van der Waals surface area (Å²) in [5.41, 5.74) is 21.8. The summed E-state index contributed by atoms with van der Waals surface area (Å²) >= 11 is 0. The lowest BCUT2D eigenvalue weighted by atomic mass is 9.33. The van der Waals surface area contributed by atoms with Gasteiger partial charge in [0.1, 0.15) is 19.6 Å². The lowest BCUT2D eigenvalue weighted by Gasteiger charge is -2.53. The Balaban J connectivity index is 1.12. The first-order chi connectivity index (χ1) is 34.3. The van der Waals surface area contributed by atoms with Gasteiger partial charge in [-0.3, -0.25) is 0 Å². The zero-order valence-electron chi connectivity index (χ0n) is 41.8. The van der Waals surface area contributed by atoms with Crippen molar-refractivity contribution in [2.24, 2.45) is 0 Å². The molecule has 5 aliphatic heterocycles. The van der Waals surface area contributed by atoms with Crippen molar-refractivity contribution in [2.75, 3.05) is 14.7 Å². The Hall–Kier alpha value is -7.54. The third-order valence-corrected chi connectivity index (χ3v) is 20.1.